The van der Waals surface area contributed by atoms with Crippen LogP contribution in [0.5, 0.6) is 0 Å². The van der Waals surface area contributed by atoms with Crippen molar-refractivity contribution in [1.82, 2.24) is 4.98 Å². The van der Waals surface area contributed by atoms with Crippen molar-refractivity contribution in [1.29, 1.82) is 0 Å². The van der Waals surface area contributed by atoms with Gasteiger partial charge >= 0.3 is 0 Å². The summed E-state index contributed by atoms with van der Waals surface area (Å²) in [7, 11) is 0. The fourth-order valence-corrected chi connectivity index (χ4v) is 4.77. The molecule has 1 saturated heterocycles. The van der Waals surface area contributed by atoms with Gasteiger partial charge in [-0.15, -0.1) is 0 Å². The highest BCUT2D eigenvalue weighted by Crippen LogP contribution is 2.38. The van der Waals surface area contributed by atoms with Gasteiger partial charge in [-0.3, -0.25) is 9.59 Å². The molecule has 31 heavy (non-hydrogen) atoms. The number of rotatable bonds is 5. The van der Waals surface area contributed by atoms with Gasteiger partial charge in [0, 0.05) is 35.9 Å². The molecule has 2 aromatic carbocycles. The lowest BCUT2D eigenvalue weighted by atomic mass is 10.2. The fraction of sp³-hybridized carbons (Fsp3) is 0.348. The monoisotopic (exact) mass is 436 g/mol. The smallest absolute Gasteiger partial charge is 0.255 e. The minimum Gasteiger partial charge on any atom is -0.378 e. The lowest BCUT2D eigenvalue weighted by Gasteiger charge is -2.25. The van der Waals surface area contributed by atoms with Crippen LogP contribution in [0.15, 0.2) is 42.5 Å². The maximum absolute atomic E-state index is 12.7. The van der Waals surface area contributed by atoms with Crippen LogP contribution in [0.3, 0.4) is 0 Å². The van der Waals surface area contributed by atoms with E-state index >= 15 is 0 Å². The van der Waals surface area contributed by atoms with Crippen molar-refractivity contribution in [2.45, 2.75) is 13.3 Å². The van der Waals surface area contributed by atoms with Gasteiger partial charge in [0.2, 0.25) is 5.91 Å². The third-order valence-corrected chi connectivity index (χ3v) is 6.86. The highest BCUT2D eigenvalue weighted by atomic mass is 32.1. The minimum atomic E-state index is -0.189. The zero-order chi connectivity index (χ0) is 21.4. The van der Waals surface area contributed by atoms with Crippen LogP contribution in [0.25, 0.3) is 10.2 Å². The minimum absolute atomic E-state index is 0.0546. The van der Waals surface area contributed by atoms with Crippen molar-refractivity contribution in [3.8, 4) is 0 Å². The summed E-state index contributed by atoms with van der Waals surface area (Å²) >= 11 is 1.62. The second kappa shape index (κ2) is 8.28. The standard InChI is InChI=1S/C23H24N4O3S/c1-14-12-18(14)22(29)24-16-4-2-15(3-5-16)21(28)25-17-6-7-19-20(13-17)31-23(26-19)27-8-10-30-11-9-27/h2-7,13-14,18H,8-12H2,1H3,(H,24,29)(H,25,28). The first kappa shape index (κ1) is 20.0. The Morgan fingerprint density at radius 3 is 2.48 bits per heavy atom. The van der Waals surface area contributed by atoms with Crippen molar-refractivity contribution in [2.75, 3.05) is 41.8 Å². The molecule has 1 saturated carbocycles. The molecule has 2 unspecified atom stereocenters. The molecular formula is C23H24N4O3S. The number of benzene rings is 2. The normalized spacial score (nSPS) is 20.5. The lowest BCUT2D eigenvalue weighted by Crippen LogP contribution is -2.36. The van der Waals surface area contributed by atoms with Crippen LogP contribution in [-0.4, -0.2) is 43.1 Å². The second-order valence-electron chi connectivity index (χ2n) is 8.12. The Labute approximate surface area is 184 Å². The number of hydrogen-bond donors (Lipinski definition) is 2. The Morgan fingerprint density at radius 1 is 1.06 bits per heavy atom. The van der Waals surface area contributed by atoms with E-state index in [1.54, 1.807) is 35.6 Å². The molecule has 160 valence electrons. The van der Waals surface area contributed by atoms with E-state index in [4.69, 9.17) is 9.72 Å². The number of morpholine rings is 1. The summed E-state index contributed by atoms with van der Waals surface area (Å²) in [5, 5.41) is 6.85. The number of ether oxygens (including phenoxy) is 1. The van der Waals surface area contributed by atoms with Gasteiger partial charge in [0.1, 0.15) is 0 Å². The zero-order valence-electron chi connectivity index (χ0n) is 17.3. The fourth-order valence-electron chi connectivity index (χ4n) is 3.71. The highest BCUT2D eigenvalue weighted by Gasteiger charge is 2.39. The van der Waals surface area contributed by atoms with E-state index in [-0.39, 0.29) is 17.7 Å². The van der Waals surface area contributed by atoms with Crippen molar-refractivity contribution >= 4 is 49.9 Å². The number of aromatic nitrogens is 1. The number of anilines is 3. The SMILES string of the molecule is CC1CC1C(=O)Nc1ccc(C(=O)Nc2ccc3nc(N4CCOCC4)sc3c2)cc1. The van der Waals surface area contributed by atoms with E-state index in [1.165, 1.54) is 0 Å². The quantitative estimate of drug-likeness (QED) is 0.632. The van der Waals surface area contributed by atoms with E-state index in [1.807, 2.05) is 18.2 Å². The van der Waals surface area contributed by atoms with E-state index in [9.17, 15) is 9.59 Å². The number of nitrogens with one attached hydrogen (secondary N) is 2. The Hall–Kier alpha value is -2.97. The predicted octanol–water partition coefficient (Wildman–Crippen LogP) is 3.98. The van der Waals surface area contributed by atoms with E-state index in [2.05, 4.69) is 22.5 Å². The van der Waals surface area contributed by atoms with Gasteiger partial charge in [-0.2, -0.15) is 0 Å². The van der Waals surface area contributed by atoms with Crippen molar-refractivity contribution < 1.29 is 14.3 Å². The summed E-state index contributed by atoms with van der Waals surface area (Å²) in [6.07, 6.45) is 0.949. The molecule has 2 atom stereocenters. The van der Waals surface area contributed by atoms with Crippen molar-refractivity contribution in [2.24, 2.45) is 11.8 Å². The van der Waals surface area contributed by atoms with Crippen LogP contribution in [0.2, 0.25) is 0 Å². The van der Waals surface area contributed by atoms with Crippen LogP contribution in [-0.2, 0) is 9.53 Å². The Morgan fingerprint density at radius 2 is 1.77 bits per heavy atom. The van der Waals surface area contributed by atoms with Crippen LogP contribution < -0.4 is 15.5 Å². The summed E-state index contributed by atoms with van der Waals surface area (Å²) in [6.45, 7) is 5.21. The molecule has 8 heteroatoms. The van der Waals surface area contributed by atoms with Gasteiger partial charge < -0.3 is 20.3 Å². The molecule has 1 aliphatic heterocycles. The largest absolute Gasteiger partial charge is 0.378 e. The van der Waals surface area contributed by atoms with Gasteiger partial charge in [-0.1, -0.05) is 18.3 Å². The average Bonchev–Trinajstić information content (AvgIpc) is 3.37. The molecule has 2 amide bonds. The molecule has 7 nitrogen and oxygen atoms in total. The number of carbonyl (C=O) groups excluding carboxylic acids is 2. The molecule has 0 radical (unpaired) electrons. The molecule has 2 aliphatic rings. The third-order valence-electron chi connectivity index (χ3n) is 5.78. The summed E-state index contributed by atoms with van der Waals surface area (Å²) in [5.74, 6) is 0.448. The van der Waals surface area contributed by atoms with Crippen LogP contribution in [0.4, 0.5) is 16.5 Å². The Kier molecular flexibility index (Phi) is 5.33. The van der Waals surface area contributed by atoms with Gasteiger partial charge in [0.25, 0.3) is 5.91 Å². The first-order chi connectivity index (χ1) is 15.1. The van der Waals surface area contributed by atoms with E-state index < -0.39 is 0 Å². The Bertz CT molecular complexity index is 1120. The average molecular weight is 437 g/mol. The Balaban J connectivity index is 1.24. The molecule has 1 aromatic heterocycles. The summed E-state index contributed by atoms with van der Waals surface area (Å²) in [6, 6.07) is 12.7. The highest BCUT2D eigenvalue weighted by molar-refractivity contribution is 7.22. The number of carbonyl (C=O) groups is 2. The predicted molar refractivity (Wildman–Crippen MR) is 123 cm³/mol. The molecule has 2 fully saturated rings. The molecule has 0 bridgehead atoms. The van der Waals surface area contributed by atoms with Gasteiger partial charge in [0.05, 0.1) is 23.4 Å². The van der Waals surface area contributed by atoms with Gasteiger partial charge in [0.15, 0.2) is 5.13 Å². The van der Waals surface area contributed by atoms with Crippen LogP contribution in [0.1, 0.15) is 23.7 Å². The summed E-state index contributed by atoms with van der Waals surface area (Å²) in [4.78, 5) is 31.7. The number of amides is 2. The molecule has 2 heterocycles. The molecule has 2 N–H and O–H groups in total. The lowest BCUT2D eigenvalue weighted by molar-refractivity contribution is -0.117. The first-order valence-electron chi connectivity index (χ1n) is 10.5. The zero-order valence-corrected chi connectivity index (χ0v) is 18.1. The number of nitrogens with zero attached hydrogens (tertiary/aromatic N) is 2. The summed E-state index contributed by atoms with van der Waals surface area (Å²) < 4.78 is 6.44. The number of hydrogen-bond acceptors (Lipinski definition) is 6. The van der Waals surface area contributed by atoms with Crippen molar-refractivity contribution in [3.63, 3.8) is 0 Å². The summed E-state index contributed by atoms with van der Waals surface area (Å²) in [5.41, 5.74) is 2.91. The van der Waals surface area contributed by atoms with Crippen molar-refractivity contribution in [3.05, 3.63) is 48.0 Å². The maximum atomic E-state index is 12.7. The molecule has 0 spiro atoms. The molecular weight excluding hydrogens is 412 g/mol. The topological polar surface area (TPSA) is 83.6 Å². The first-order valence-corrected chi connectivity index (χ1v) is 11.3. The number of thiazole rings is 1. The van der Waals surface area contributed by atoms with Gasteiger partial charge in [-0.25, -0.2) is 4.98 Å². The number of fused-ring (bicyclic) bond motifs is 1. The molecule has 5 rings (SSSR count). The second-order valence-corrected chi connectivity index (χ2v) is 9.13. The van der Waals surface area contributed by atoms with Crippen LogP contribution >= 0.6 is 11.3 Å². The van der Waals surface area contributed by atoms with Crippen LogP contribution in [0, 0.1) is 11.8 Å². The maximum Gasteiger partial charge on any atom is 0.255 e. The third kappa shape index (κ3) is 4.40. The molecule has 1 aliphatic carbocycles. The molecule has 3 aromatic rings. The van der Waals surface area contributed by atoms with Gasteiger partial charge in [-0.05, 0) is 54.8 Å². The van der Waals surface area contributed by atoms with E-state index in [0.717, 1.165) is 53.8 Å². The van der Waals surface area contributed by atoms with E-state index in [0.29, 0.717) is 17.2 Å².